The van der Waals surface area contributed by atoms with Gasteiger partial charge >= 0.3 is 0 Å². The number of ether oxygens (including phenoxy) is 1. The summed E-state index contributed by atoms with van der Waals surface area (Å²) in [6.07, 6.45) is 0.230. The van der Waals surface area contributed by atoms with E-state index >= 15 is 0 Å². The molecule has 0 amide bonds. The Morgan fingerprint density at radius 3 is 2.32 bits per heavy atom. The summed E-state index contributed by atoms with van der Waals surface area (Å²) in [7, 11) is 2.00. The van der Waals surface area contributed by atoms with Gasteiger partial charge in [0, 0.05) is 34.7 Å². The molecule has 1 atom stereocenters. The molecule has 1 aromatic rings. The molecule has 0 saturated carbocycles. The third-order valence-electron chi connectivity index (χ3n) is 2.98. The Bertz CT molecular complexity index is 379. The van der Waals surface area contributed by atoms with E-state index in [1.54, 1.807) is 0 Å². The number of nitrogens with zero attached hydrogens (tertiary/aromatic N) is 1. The molecular formula is C14H22Cl2N2O. The van der Waals surface area contributed by atoms with Crippen LogP contribution in [0.5, 0.6) is 0 Å². The number of hydrogen-bond donors (Lipinski definition) is 1. The van der Waals surface area contributed by atoms with E-state index in [0.717, 1.165) is 12.1 Å². The smallest absolute Gasteiger partial charge is 0.0597 e. The number of likely N-dealkylation sites (N-methyl/N-ethyl adjacent to an activating group) is 1. The molecule has 1 unspecified atom stereocenters. The number of hydrogen-bond acceptors (Lipinski definition) is 3. The summed E-state index contributed by atoms with van der Waals surface area (Å²) < 4.78 is 5.56. The van der Waals surface area contributed by atoms with Gasteiger partial charge in [-0.3, -0.25) is 4.90 Å². The minimum absolute atomic E-state index is 0.00281. The molecule has 0 bridgehead atoms. The number of halogens is 2. The van der Waals surface area contributed by atoms with Crippen LogP contribution in [0.15, 0.2) is 18.2 Å². The van der Waals surface area contributed by atoms with Crippen molar-refractivity contribution in [3.05, 3.63) is 33.8 Å². The normalized spacial score (nSPS) is 13.3. The number of nitrogens with two attached hydrogens (primary N) is 1. The Balaban J connectivity index is 2.76. The summed E-state index contributed by atoms with van der Waals surface area (Å²) >= 11 is 12.5. The molecule has 19 heavy (non-hydrogen) atoms. The molecule has 0 spiro atoms. The summed E-state index contributed by atoms with van der Waals surface area (Å²) in [4.78, 5) is 2.12. The Hall–Kier alpha value is -0.320. The largest absolute Gasteiger partial charge is 0.377 e. The quantitative estimate of drug-likeness (QED) is 0.839. The first-order chi connectivity index (χ1) is 8.97. The van der Waals surface area contributed by atoms with Crippen molar-refractivity contribution in [1.29, 1.82) is 0 Å². The maximum absolute atomic E-state index is 6.23. The molecule has 0 fully saturated rings. The van der Waals surface area contributed by atoms with E-state index in [2.05, 4.69) is 4.90 Å². The first-order valence-corrected chi connectivity index (χ1v) is 7.18. The first-order valence-electron chi connectivity index (χ1n) is 6.43. The summed E-state index contributed by atoms with van der Waals surface area (Å²) in [6.45, 7) is 5.94. The summed E-state index contributed by atoms with van der Waals surface area (Å²) in [5.41, 5.74) is 6.76. The van der Waals surface area contributed by atoms with Gasteiger partial charge in [-0.1, -0.05) is 29.3 Å². The maximum Gasteiger partial charge on any atom is 0.0597 e. The van der Waals surface area contributed by atoms with Gasteiger partial charge in [-0.05, 0) is 33.0 Å². The molecule has 108 valence electrons. The molecule has 0 aliphatic heterocycles. The molecule has 1 aromatic carbocycles. The van der Waals surface area contributed by atoms with Crippen molar-refractivity contribution in [3.63, 3.8) is 0 Å². The molecule has 0 radical (unpaired) electrons. The lowest BCUT2D eigenvalue weighted by molar-refractivity contribution is 0.0564. The molecule has 2 N–H and O–H groups in total. The van der Waals surface area contributed by atoms with Crippen molar-refractivity contribution in [1.82, 2.24) is 4.90 Å². The van der Waals surface area contributed by atoms with Crippen LogP contribution in [0.4, 0.5) is 0 Å². The van der Waals surface area contributed by atoms with Crippen LogP contribution < -0.4 is 5.73 Å². The van der Waals surface area contributed by atoms with Gasteiger partial charge in [-0.15, -0.1) is 0 Å². The molecule has 0 saturated heterocycles. The maximum atomic E-state index is 6.23. The molecule has 1 rings (SSSR count). The van der Waals surface area contributed by atoms with Crippen molar-refractivity contribution >= 4 is 23.2 Å². The van der Waals surface area contributed by atoms with E-state index < -0.39 is 0 Å². The van der Waals surface area contributed by atoms with Crippen LogP contribution in [0.25, 0.3) is 0 Å². The van der Waals surface area contributed by atoms with E-state index in [1.807, 2.05) is 39.1 Å². The Morgan fingerprint density at radius 2 is 1.84 bits per heavy atom. The Morgan fingerprint density at radius 1 is 1.26 bits per heavy atom. The van der Waals surface area contributed by atoms with Crippen molar-refractivity contribution in [2.45, 2.75) is 26.0 Å². The average molecular weight is 305 g/mol. The van der Waals surface area contributed by atoms with Crippen LogP contribution in [0.3, 0.4) is 0 Å². The first kappa shape index (κ1) is 16.7. The molecule has 0 aliphatic rings. The minimum Gasteiger partial charge on any atom is -0.377 e. The molecule has 5 heteroatoms. The second-order valence-corrected chi connectivity index (χ2v) is 5.60. The van der Waals surface area contributed by atoms with Gasteiger partial charge in [-0.25, -0.2) is 0 Å². The molecule has 0 aliphatic carbocycles. The van der Waals surface area contributed by atoms with Gasteiger partial charge < -0.3 is 10.5 Å². The third-order valence-corrected chi connectivity index (χ3v) is 3.64. The van der Waals surface area contributed by atoms with Crippen molar-refractivity contribution in [2.24, 2.45) is 5.73 Å². The van der Waals surface area contributed by atoms with E-state index in [9.17, 15) is 0 Å². The average Bonchev–Trinajstić information content (AvgIpc) is 2.33. The van der Waals surface area contributed by atoms with Crippen LogP contribution in [0.1, 0.15) is 25.5 Å². The number of rotatable bonds is 7. The fourth-order valence-corrected chi connectivity index (χ4v) is 2.58. The van der Waals surface area contributed by atoms with E-state index in [1.165, 1.54) is 0 Å². The fraction of sp³-hybridized carbons (Fsp3) is 0.571. The SMILES string of the molecule is CC(C)OCCN(C)C(CN)c1c(Cl)cccc1Cl. The van der Waals surface area contributed by atoms with Crippen LogP contribution in [-0.4, -0.2) is 37.7 Å². The van der Waals surface area contributed by atoms with Gasteiger partial charge in [0.25, 0.3) is 0 Å². The highest BCUT2D eigenvalue weighted by atomic mass is 35.5. The van der Waals surface area contributed by atoms with Crippen LogP contribution in [-0.2, 0) is 4.74 Å². The van der Waals surface area contributed by atoms with E-state index in [4.69, 9.17) is 33.7 Å². The monoisotopic (exact) mass is 304 g/mol. The van der Waals surface area contributed by atoms with Crippen molar-refractivity contribution in [3.8, 4) is 0 Å². The van der Waals surface area contributed by atoms with Gasteiger partial charge in [0.15, 0.2) is 0 Å². The minimum atomic E-state index is -0.00281. The number of benzene rings is 1. The van der Waals surface area contributed by atoms with Gasteiger partial charge in [0.1, 0.15) is 0 Å². The lowest BCUT2D eigenvalue weighted by Crippen LogP contribution is -2.33. The predicted octanol–water partition coefficient (Wildman–Crippen LogP) is 3.35. The van der Waals surface area contributed by atoms with Gasteiger partial charge in [-0.2, -0.15) is 0 Å². The highest BCUT2D eigenvalue weighted by Crippen LogP contribution is 2.32. The second kappa shape index (κ2) is 8.08. The zero-order chi connectivity index (χ0) is 14.4. The molecule has 3 nitrogen and oxygen atoms in total. The van der Waals surface area contributed by atoms with Gasteiger partial charge in [0.2, 0.25) is 0 Å². The van der Waals surface area contributed by atoms with Crippen molar-refractivity contribution in [2.75, 3.05) is 26.7 Å². The Kier molecular flexibility index (Phi) is 7.11. The van der Waals surface area contributed by atoms with Crippen LogP contribution >= 0.6 is 23.2 Å². The highest BCUT2D eigenvalue weighted by molar-refractivity contribution is 6.36. The molecule has 0 heterocycles. The lowest BCUT2D eigenvalue weighted by Gasteiger charge is -2.29. The summed E-state index contributed by atoms with van der Waals surface area (Å²) in [5.74, 6) is 0. The predicted molar refractivity (Wildman–Crippen MR) is 82.0 cm³/mol. The zero-order valence-electron chi connectivity index (χ0n) is 11.7. The third kappa shape index (κ3) is 4.93. The zero-order valence-corrected chi connectivity index (χ0v) is 13.2. The summed E-state index contributed by atoms with van der Waals surface area (Å²) in [5, 5.41) is 1.30. The van der Waals surface area contributed by atoms with Crippen molar-refractivity contribution < 1.29 is 4.74 Å². The summed E-state index contributed by atoms with van der Waals surface area (Å²) in [6, 6.07) is 5.51. The Labute approximate surface area is 125 Å². The topological polar surface area (TPSA) is 38.5 Å². The van der Waals surface area contributed by atoms with E-state index in [0.29, 0.717) is 23.2 Å². The lowest BCUT2D eigenvalue weighted by atomic mass is 10.1. The standard InChI is InChI=1S/C14H22Cl2N2O/c1-10(2)19-8-7-18(3)13(9-17)14-11(15)5-4-6-12(14)16/h4-6,10,13H,7-9,17H2,1-3H3. The highest BCUT2D eigenvalue weighted by Gasteiger charge is 2.20. The second-order valence-electron chi connectivity index (χ2n) is 4.79. The fourth-order valence-electron chi connectivity index (χ4n) is 1.94. The van der Waals surface area contributed by atoms with Gasteiger partial charge in [0.05, 0.1) is 12.7 Å². The molecule has 0 aromatic heterocycles. The van der Waals surface area contributed by atoms with Crippen LogP contribution in [0.2, 0.25) is 10.0 Å². The molecular weight excluding hydrogens is 283 g/mol. The van der Waals surface area contributed by atoms with E-state index in [-0.39, 0.29) is 12.1 Å². The van der Waals surface area contributed by atoms with Crippen LogP contribution in [0, 0.1) is 0 Å².